The molecule has 0 radical (unpaired) electrons. The molecule has 242 valence electrons. The van der Waals surface area contributed by atoms with Gasteiger partial charge in [-0.3, -0.25) is 9.59 Å². The molecule has 4 aliphatic carbocycles. The zero-order valence-electron chi connectivity index (χ0n) is 25.7. The lowest BCUT2D eigenvalue weighted by Crippen LogP contribution is -2.48. The van der Waals surface area contributed by atoms with Gasteiger partial charge in [0.25, 0.3) is 5.91 Å². The van der Waals surface area contributed by atoms with Gasteiger partial charge in [-0.25, -0.2) is 5.43 Å². The minimum absolute atomic E-state index is 0.212. The van der Waals surface area contributed by atoms with Crippen LogP contribution < -0.4 is 20.2 Å². The Labute approximate surface area is 266 Å². The molecular formula is C36H38F3N3O4. The predicted octanol–water partition coefficient (Wildman–Crippen LogP) is 7.28. The Morgan fingerprint density at radius 1 is 0.891 bits per heavy atom. The van der Waals surface area contributed by atoms with Crippen molar-refractivity contribution in [3.8, 4) is 11.5 Å². The first-order valence-corrected chi connectivity index (χ1v) is 15.9. The molecule has 0 spiro atoms. The molecule has 2 N–H and O–H groups in total. The van der Waals surface area contributed by atoms with E-state index in [2.05, 4.69) is 28.0 Å². The highest BCUT2D eigenvalue weighted by Crippen LogP contribution is 2.60. The first kappa shape index (κ1) is 31.6. The quantitative estimate of drug-likeness (QED) is 0.172. The Morgan fingerprint density at radius 3 is 2.24 bits per heavy atom. The van der Waals surface area contributed by atoms with E-state index in [1.165, 1.54) is 62.4 Å². The molecule has 4 saturated carbocycles. The van der Waals surface area contributed by atoms with E-state index in [1.807, 2.05) is 19.1 Å². The third-order valence-electron chi connectivity index (χ3n) is 9.47. The van der Waals surface area contributed by atoms with Crippen molar-refractivity contribution in [1.82, 2.24) is 5.43 Å². The van der Waals surface area contributed by atoms with E-state index in [0.29, 0.717) is 29.1 Å². The Balaban J connectivity index is 1.00. The van der Waals surface area contributed by atoms with Crippen LogP contribution in [0.25, 0.3) is 0 Å². The average Bonchev–Trinajstić information content (AvgIpc) is 3.00. The number of ether oxygens (including phenoxy) is 2. The number of benzene rings is 3. The molecule has 7 rings (SSSR count). The van der Waals surface area contributed by atoms with E-state index in [-0.39, 0.29) is 24.5 Å². The smallest absolute Gasteiger partial charge is 0.416 e. The number of halogens is 3. The van der Waals surface area contributed by atoms with Gasteiger partial charge in [0, 0.05) is 5.69 Å². The fourth-order valence-electron chi connectivity index (χ4n) is 7.97. The number of rotatable bonds is 11. The topological polar surface area (TPSA) is 89.0 Å². The van der Waals surface area contributed by atoms with E-state index in [0.717, 1.165) is 35.6 Å². The van der Waals surface area contributed by atoms with E-state index in [1.54, 1.807) is 18.2 Å². The van der Waals surface area contributed by atoms with E-state index in [9.17, 15) is 22.8 Å². The number of nitrogens with one attached hydrogen (secondary N) is 2. The summed E-state index contributed by atoms with van der Waals surface area (Å²) in [5, 5.41) is 6.83. The maximum Gasteiger partial charge on any atom is 0.416 e. The zero-order valence-corrected chi connectivity index (χ0v) is 25.7. The van der Waals surface area contributed by atoms with Gasteiger partial charge < -0.3 is 14.8 Å². The molecule has 0 aromatic heterocycles. The minimum atomic E-state index is -4.48. The molecule has 2 amide bonds. The number of hydrazone groups is 1. The van der Waals surface area contributed by atoms with Crippen molar-refractivity contribution in [2.75, 3.05) is 18.5 Å². The number of anilines is 1. The number of alkyl halides is 3. The van der Waals surface area contributed by atoms with Gasteiger partial charge >= 0.3 is 6.18 Å². The molecule has 3 aromatic carbocycles. The van der Waals surface area contributed by atoms with Crippen molar-refractivity contribution < 1.29 is 32.2 Å². The summed E-state index contributed by atoms with van der Waals surface area (Å²) >= 11 is 0. The number of carbonyl (C=O) groups is 2. The molecule has 10 heteroatoms. The number of hydrogen-bond acceptors (Lipinski definition) is 5. The fraction of sp³-hybridized carbons (Fsp3) is 0.417. The lowest BCUT2D eigenvalue weighted by Gasteiger charge is -2.57. The summed E-state index contributed by atoms with van der Waals surface area (Å²) in [6.45, 7) is 1.96. The third-order valence-corrected chi connectivity index (χ3v) is 9.47. The molecule has 0 unspecified atom stereocenters. The van der Waals surface area contributed by atoms with Crippen LogP contribution in [0.5, 0.6) is 11.5 Å². The Kier molecular flexibility index (Phi) is 9.06. The van der Waals surface area contributed by atoms with Gasteiger partial charge in [-0.15, -0.1) is 0 Å². The van der Waals surface area contributed by atoms with E-state index >= 15 is 0 Å². The van der Waals surface area contributed by atoms with Crippen molar-refractivity contribution in [2.45, 2.75) is 63.5 Å². The largest absolute Gasteiger partial charge is 0.490 e. The predicted molar refractivity (Wildman–Crippen MR) is 169 cm³/mol. The van der Waals surface area contributed by atoms with E-state index in [4.69, 9.17) is 9.47 Å². The van der Waals surface area contributed by atoms with Gasteiger partial charge in [0.1, 0.15) is 0 Å². The lowest BCUT2D eigenvalue weighted by atomic mass is 9.48. The molecule has 7 nitrogen and oxygen atoms in total. The number of nitrogens with zero attached hydrogens (tertiary/aromatic N) is 1. The highest BCUT2D eigenvalue weighted by Gasteiger charge is 2.51. The van der Waals surface area contributed by atoms with Crippen molar-refractivity contribution >= 4 is 23.7 Å². The summed E-state index contributed by atoms with van der Waals surface area (Å²) in [7, 11) is 0. The first-order chi connectivity index (χ1) is 22.1. The minimum Gasteiger partial charge on any atom is -0.490 e. The van der Waals surface area contributed by atoms with Gasteiger partial charge in [0.15, 0.2) is 18.1 Å². The summed E-state index contributed by atoms with van der Waals surface area (Å²) in [6.07, 6.45) is 4.74. The first-order valence-electron chi connectivity index (χ1n) is 15.9. The second-order valence-corrected chi connectivity index (χ2v) is 12.9. The highest BCUT2D eigenvalue weighted by atomic mass is 19.4. The van der Waals surface area contributed by atoms with Crippen LogP contribution in [-0.2, 0) is 27.6 Å². The molecular weight excluding hydrogens is 595 g/mol. The lowest BCUT2D eigenvalue weighted by molar-refractivity contribution is -0.137. The molecule has 0 heterocycles. The van der Waals surface area contributed by atoms with Crippen LogP contribution in [0.1, 0.15) is 67.7 Å². The number of amides is 2. The van der Waals surface area contributed by atoms with Crippen LogP contribution in [0.2, 0.25) is 0 Å². The van der Waals surface area contributed by atoms with Crippen LogP contribution in [-0.4, -0.2) is 31.2 Å². The summed E-state index contributed by atoms with van der Waals surface area (Å²) in [4.78, 5) is 25.0. The van der Waals surface area contributed by atoms with Crippen LogP contribution in [0.3, 0.4) is 0 Å². The van der Waals surface area contributed by atoms with Crippen molar-refractivity contribution in [1.29, 1.82) is 0 Å². The average molecular weight is 634 g/mol. The molecule has 4 aliphatic rings. The monoisotopic (exact) mass is 633 g/mol. The molecule has 0 atom stereocenters. The summed E-state index contributed by atoms with van der Waals surface area (Å²) < 4.78 is 50.3. The van der Waals surface area contributed by atoms with Crippen LogP contribution in [0.4, 0.5) is 18.9 Å². The van der Waals surface area contributed by atoms with Crippen molar-refractivity contribution in [2.24, 2.45) is 22.9 Å². The standard InChI is InChI=1S/C36H38F3N3O4/c1-2-45-32-16-24(21-40-42-33(43)17-23-4-3-5-29(15-23)36(37,38)39)6-11-31(32)46-22-34(44)41-30-9-7-28(8-10-30)35-18-25-12-26(19-35)14-27(13-25)20-35/h3-11,15-16,21,25-27H,2,12-14,17-20,22H2,1H3,(H,41,44)(H,42,43)/b40-21+. The van der Waals surface area contributed by atoms with E-state index < -0.39 is 17.6 Å². The molecule has 0 aliphatic heterocycles. The van der Waals surface area contributed by atoms with Gasteiger partial charge in [-0.2, -0.15) is 18.3 Å². The summed E-state index contributed by atoms with van der Waals surface area (Å²) in [5.74, 6) is 2.54. The highest BCUT2D eigenvalue weighted by molar-refractivity contribution is 5.92. The Bertz CT molecular complexity index is 1570. The second kappa shape index (κ2) is 13.2. The number of carbonyl (C=O) groups excluding carboxylic acids is 2. The second-order valence-electron chi connectivity index (χ2n) is 12.9. The third kappa shape index (κ3) is 7.37. The molecule has 4 fully saturated rings. The van der Waals surface area contributed by atoms with Crippen molar-refractivity contribution in [3.63, 3.8) is 0 Å². The fourth-order valence-corrected chi connectivity index (χ4v) is 7.97. The molecule has 4 bridgehead atoms. The number of hydrogen-bond donors (Lipinski definition) is 2. The Hall–Kier alpha value is -4.34. The zero-order chi connectivity index (χ0) is 32.3. The molecule has 0 saturated heterocycles. The Morgan fingerprint density at radius 2 is 1.59 bits per heavy atom. The van der Waals surface area contributed by atoms with Gasteiger partial charge in [0.2, 0.25) is 5.91 Å². The normalized spacial score (nSPS) is 23.3. The van der Waals surface area contributed by atoms with Crippen LogP contribution in [0, 0.1) is 17.8 Å². The van der Waals surface area contributed by atoms with Gasteiger partial charge in [-0.05, 0) is 122 Å². The molecule has 3 aromatic rings. The maximum absolute atomic E-state index is 12.9. The van der Waals surface area contributed by atoms with Gasteiger partial charge in [0.05, 0.1) is 24.8 Å². The maximum atomic E-state index is 12.9. The van der Waals surface area contributed by atoms with Crippen LogP contribution in [0.15, 0.2) is 71.8 Å². The molecule has 46 heavy (non-hydrogen) atoms. The van der Waals surface area contributed by atoms with Crippen LogP contribution >= 0.6 is 0 Å². The van der Waals surface area contributed by atoms with Crippen molar-refractivity contribution in [3.05, 3.63) is 89.0 Å². The van der Waals surface area contributed by atoms with Gasteiger partial charge in [-0.1, -0.05) is 30.3 Å². The summed E-state index contributed by atoms with van der Waals surface area (Å²) in [5.41, 5.74) is 4.76. The SMILES string of the molecule is CCOc1cc(/C=N/NC(=O)Cc2cccc(C(F)(F)F)c2)ccc1OCC(=O)Nc1ccc(C23CC4CC(CC(C4)C2)C3)cc1. The summed E-state index contributed by atoms with van der Waals surface area (Å²) in [6, 6.07) is 17.9.